The van der Waals surface area contributed by atoms with Gasteiger partial charge in [0.25, 0.3) is 5.91 Å². The summed E-state index contributed by atoms with van der Waals surface area (Å²) in [6.07, 6.45) is 1.79. The standard InChI is InChI=1S/C17H18ClNO2S/c18-14-5-3-13(4-6-14)17(20)19(12-16-2-1-11-22-16)15-7-9-21-10-8-15/h1-6,11,15H,7-10,12H2. The number of thiophene rings is 1. The van der Waals surface area contributed by atoms with E-state index in [0.717, 1.165) is 26.1 Å². The first-order chi connectivity index (χ1) is 10.7. The molecule has 3 rings (SSSR count). The largest absolute Gasteiger partial charge is 0.381 e. The summed E-state index contributed by atoms with van der Waals surface area (Å²) in [4.78, 5) is 16.1. The number of ether oxygens (including phenoxy) is 1. The maximum atomic E-state index is 12.9. The zero-order valence-electron chi connectivity index (χ0n) is 12.2. The Morgan fingerprint density at radius 2 is 1.95 bits per heavy atom. The fourth-order valence-electron chi connectivity index (χ4n) is 2.69. The van der Waals surface area contributed by atoms with Crippen molar-refractivity contribution in [3.63, 3.8) is 0 Å². The number of hydrogen-bond acceptors (Lipinski definition) is 3. The van der Waals surface area contributed by atoms with Crippen LogP contribution in [0.1, 0.15) is 28.1 Å². The maximum Gasteiger partial charge on any atom is 0.254 e. The summed E-state index contributed by atoms with van der Waals surface area (Å²) >= 11 is 7.60. The van der Waals surface area contributed by atoms with E-state index in [1.165, 1.54) is 4.88 Å². The van der Waals surface area contributed by atoms with Gasteiger partial charge >= 0.3 is 0 Å². The Morgan fingerprint density at radius 1 is 1.23 bits per heavy atom. The van der Waals surface area contributed by atoms with Gasteiger partial charge in [-0.1, -0.05) is 17.7 Å². The van der Waals surface area contributed by atoms with Gasteiger partial charge in [-0.15, -0.1) is 11.3 Å². The van der Waals surface area contributed by atoms with Gasteiger partial charge in [0.1, 0.15) is 0 Å². The number of amides is 1. The Morgan fingerprint density at radius 3 is 2.59 bits per heavy atom. The third-order valence-electron chi connectivity index (χ3n) is 3.89. The summed E-state index contributed by atoms with van der Waals surface area (Å²) in [5.41, 5.74) is 0.687. The van der Waals surface area contributed by atoms with Crippen molar-refractivity contribution in [1.29, 1.82) is 0 Å². The van der Waals surface area contributed by atoms with Crippen LogP contribution in [0.15, 0.2) is 41.8 Å². The summed E-state index contributed by atoms with van der Waals surface area (Å²) in [6.45, 7) is 2.10. The van der Waals surface area contributed by atoms with Gasteiger partial charge in [-0.3, -0.25) is 4.79 Å². The SMILES string of the molecule is O=C(c1ccc(Cl)cc1)N(Cc1cccs1)C1CCOCC1. The van der Waals surface area contributed by atoms with E-state index in [4.69, 9.17) is 16.3 Å². The molecule has 0 unspecified atom stereocenters. The van der Waals surface area contributed by atoms with Gasteiger partial charge in [0, 0.05) is 34.7 Å². The summed E-state index contributed by atoms with van der Waals surface area (Å²) in [6, 6.07) is 11.5. The van der Waals surface area contributed by atoms with Crippen LogP contribution in [0.3, 0.4) is 0 Å². The predicted octanol–water partition coefficient (Wildman–Crippen LogP) is 4.22. The molecule has 5 heteroatoms. The molecule has 2 aromatic rings. The van der Waals surface area contributed by atoms with Gasteiger partial charge < -0.3 is 9.64 Å². The van der Waals surface area contributed by atoms with Crippen LogP contribution in [-0.4, -0.2) is 30.1 Å². The van der Waals surface area contributed by atoms with Crippen molar-refractivity contribution in [1.82, 2.24) is 4.90 Å². The molecule has 0 atom stereocenters. The van der Waals surface area contributed by atoms with Crippen LogP contribution in [0.4, 0.5) is 0 Å². The topological polar surface area (TPSA) is 29.5 Å². The smallest absolute Gasteiger partial charge is 0.254 e. The molecule has 22 heavy (non-hydrogen) atoms. The number of carbonyl (C=O) groups excluding carboxylic acids is 1. The summed E-state index contributed by atoms with van der Waals surface area (Å²) in [5, 5.41) is 2.69. The minimum atomic E-state index is 0.0666. The molecule has 0 saturated carbocycles. The van der Waals surface area contributed by atoms with E-state index in [2.05, 4.69) is 6.07 Å². The lowest BCUT2D eigenvalue weighted by Gasteiger charge is -2.34. The highest BCUT2D eigenvalue weighted by molar-refractivity contribution is 7.09. The average Bonchev–Trinajstić information content (AvgIpc) is 3.07. The van der Waals surface area contributed by atoms with Crippen LogP contribution in [0.5, 0.6) is 0 Å². The molecular formula is C17H18ClNO2S. The molecule has 116 valence electrons. The van der Waals surface area contributed by atoms with Crippen LogP contribution in [-0.2, 0) is 11.3 Å². The van der Waals surface area contributed by atoms with Gasteiger partial charge in [0.05, 0.1) is 6.54 Å². The first kappa shape index (κ1) is 15.5. The number of benzene rings is 1. The summed E-state index contributed by atoms with van der Waals surface area (Å²) in [7, 11) is 0. The molecule has 1 aliphatic rings. The van der Waals surface area contributed by atoms with E-state index >= 15 is 0 Å². The first-order valence-corrected chi connectivity index (χ1v) is 8.66. The molecular weight excluding hydrogens is 318 g/mol. The van der Waals surface area contributed by atoms with Crippen molar-refractivity contribution in [2.75, 3.05) is 13.2 Å². The highest BCUT2D eigenvalue weighted by Gasteiger charge is 2.27. The summed E-state index contributed by atoms with van der Waals surface area (Å²) < 4.78 is 5.43. The fourth-order valence-corrected chi connectivity index (χ4v) is 3.52. The van der Waals surface area contributed by atoms with E-state index in [0.29, 0.717) is 17.1 Å². The third kappa shape index (κ3) is 3.69. The summed E-state index contributed by atoms with van der Waals surface area (Å²) in [5.74, 6) is 0.0666. The molecule has 0 aliphatic carbocycles. The molecule has 1 amide bonds. The minimum absolute atomic E-state index is 0.0666. The lowest BCUT2D eigenvalue weighted by atomic mass is 10.0. The highest BCUT2D eigenvalue weighted by atomic mass is 35.5. The second-order valence-corrected chi connectivity index (χ2v) is 6.83. The molecule has 1 saturated heterocycles. The van der Waals surface area contributed by atoms with Crippen molar-refractivity contribution < 1.29 is 9.53 Å². The average molecular weight is 336 g/mol. The zero-order valence-corrected chi connectivity index (χ0v) is 13.8. The predicted molar refractivity (Wildman–Crippen MR) is 89.5 cm³/mol. The Kier molecular flexibility index (Phi) is 5.13. The fraction of sp³-hybridized carbons (Fsp3) is 0.353. The normalized spacial score (nSPS) is 15.7. The molecule has 1 aromatic carbocycles. The lowest BCUT2D eigenvalue weighted by Crippen LogP contribution is -2.42. The van der Waals surface area contributed by atoms with Gasteiger partial charge in [-0.05, 0) is 48.6 Å². The highest BCUT2D eigenvalue weighted by Crippen LogP contribution is 2.22. The van der Waals surface area contributed by atoms with E-state index in [-0.39, 0.29) is 11.9 Å². The molecule has 1 aromatic heterocycles. The zero-order chi connectivity index (χ0) is 15.4. The molecule has 0 bridgehead atoms. The molecule has 0 radical (unpaired) electrons. The van der Waals surface area contributed by atoms with E-state index in [1.54, 1.807) is 35.6 Å². The second kappa shape index (κ2) is 7.27. The van der Waals surface area contributed by atoms with E-state index in [1.807, 2.05) is 16.3 Å². The third-order valence-corrected chi connectivity index (χ3v) is 5.00. The van der Waals surface area contributed by atoms with Gasteiger partial charge in [-0.2, -0.15) is 0 Å². The van der Waals surface area contributed by atoms with Crippen LogP contribution >= 0.6 is 22.9 Å². The molecule has 3 nitrogen and oxygen atoms in total. The first-order valence-electron chi connectivity index (χ1n) is 7.41. The molecule has 0 spiro atoms. The monoisotopic (exact) mass is 335 g/mol. The Hall–Kier alpha value is -1.36. The number of halogens is 1. The van der Waals surface area contributed by atoms with E-state index in [9.17, 15) is 4.79 Å². The van der Waals surface area contributed by atoms with Crippen LogP contribution in [0, 0.1) is 0 Å². The maximum absolute atomic E-state index is 12.9. The van der Waals surface area contributed by atoms with Crippen molar-refractivity contribution in [3.05, 3.63) is 57.2 Å². The Labute approximate surface area is 139 Å². The van der Waals surface area contributed by atoms with Gasteiger partial charge in [-0.25, -0.2) is 0 Å². The minimum Gasteiger partial charge on any atom is -0.381 e. The second-order valence-electron chi connectivity index (χ2n) is 5.36. The lowest BCUT2D eigenvalue weighted by molar-refractivity contribution is 0.0270. The number of hydrogen-bond donors (Lipinski definition) is 0. The molecule has 2 heterocycles. The number of nitrogens with zero attached hydrogens (tertiary/aromatic N) is 1. The molecule has 0 N–H and O–H groups in total. The van der Waals surface area contributed by atoms with Crippen molar-refractivity contribution in [2.45, 2.75) is 25.4 Å². The van der Waals surface area contributed by atoms with Crippen molar-refractivity contribution >= 4 is 28.8 Å². The molecule has 1 fully saturated rings. The Bertz CT molecular complexity index is 606. The molecule has 1 aliphatic heterocycles. The van der Waals surface area contributed by atoms with Crippen LogP contribution in [0.25, 0.3) is 0 Å². The number of carbonyl (C=O) groups is 1. The van der Waals surface area contributed by atoms with Crippen molar-refractivity contribution in [3.8, 4) is 0 Å². The van der Waals surface area contributed by atoms with Gasteiger partial charge in [0.2, 0.25) is 0 Å². The quantitative estimate of drug-likeness (QED) is 0.837. The van der Waals surface area contributed by atoms with Crippen LogP contribution in [0.2, 0.25) is 5.02 Å². The Balaban J connectivity index is 1.82. The van der Waals surface area contributed by atoms with Gasteiger partial charge in [0.15, 0.2) is 0 Å². The van der Waals surface area contributed by atoms with Crippen molar-refractivity contribution in [2.24, 2.45) is 0 Å². The van der Waals surface area contributed by atoms with Crippen LogP contribution < -0.4 is 0 Å². The van der Waals surface area contributed by atoms with E-state index < -0.39 is 0 Å². The number of rotatable bonds is 4.